The van der Waals surface area contributed by atoms with Crippen molar-refractivity contribution < 1.29 is 17.9 Å². The molecular weight excluding hydrogens is 390 g/mol. The van der Waals surface area contributed by atoms with Gasteiger partial charge in [0.25, 0.3) is 5.91 Å². The van der Waals surface area contributed by atoms with Crippen molar-refractivity contribution in [3.05, 3.63) is 23.8 Å². The quantitative estimate of drug-likeness (QED) is 0.710. The van der Waals surface area contributed by atoms with Gasteiger partial charge in [0.2, 0.25) is 10.0 Å². The topological polar surface area (TPSA) is 88.1 Å². The number of hydrogen-bond donors (Lipinski definition) is 1. The van der Waals surface area contributed by atoms with E-state index in [1.54, 1.807) is 12.1 Å². The number of aryl methyl sites for hydroxylation is 1. The average Bonchev–Trinajstić information content (AvgIpc) is 2.63. The third-order valence-electron chi connectivity index (χ3n) is 5.42. The normalized spacial score (nSPS) is 17.6. The number of ether oxygens (including phenoxy) is 1. The fraction of sp³-hybridized carbons (Fsp3) is 0.619. The first-order valence-corrected chi connectivity index (χ1v) is 11.7. The molecule has 1 aromatic carbocycles. The third-order valence-corrected chi connectivity index (χ3v) is 6.54. The van der Waals surface area contributed by atoms with Crippen molar-refractivity contribution in [2.75, 3.05) is 24.2 Å². The van der Waals surface area contributed by atoms with E-state index in [0.29, 0.717) is 17.4 Å². The number of carbonyl (C=O) groups excluding carboxylic acids is 1. The van der Waals surface area contributed by atoms with Gasteiger partial charge in [-0.2, -0.15) is 5.10 Å². The molecule has 1 amide bonds. The second kappa shape index (κ2) is 9.15. The Kier molecular flexibility index (Phi) is 7.32. The van der Waals surface area contributed by atoms with Crippen molar-refractivity contribution in [2.45, 2.75) is 53.4 Å². The molecule has 1 aliphatic carbocycles. The van der Waals surface area contributed by atoms with E-state index in [0.717, 1.165) is 47.5 Å². The van der Waals surface area contributed by atoms with Gasteiger partial charge in [0, 0.05) is 5.71 Å². The molecule has 0 aliphatic heterocycles. The Morgan fingerprint density at radius 1 is 1.28 bits per heavy atom. The highest BCUT2D eigenvalue weighted by atomic mass is 32.2. The minimum atomic E-state index is -3.69. The van der Waals surface area contributed by atoms with Crippen LogP contribution in [0.1, 0.15) is 52.0 Å². The number of nitrogens with one attached hydrogen (secondary N) is 1. The number of rotatable bonds is 6. The number of hydrogen-bond acceptors (Lipinski definition) is 5. The molecule has 1 saturated carbocycles. The number of nitrogens with zero attached hydrogens (tertiary/aromatic N) is 2. The Morgan fingerprint density at radius 2 is 1.90 bits per heavy atom. The molecule has 0 aromatic heterocycles. The predicted molar refractivity (Wildman–Crippen MR) is 117 cm³/mol. The molecule has 0 heterocycles. The number of amides is 1. The lowest BCUT2D eigenvalue weighted by molar-refractivity contribution is -0.119. The van der Waals surface area contributed by atoms with Crippen LogP contribution >= 0.6 is 0 Å². The second-order valence-electron chi connectivity index (χ2n) is 8.80. The summed E-state index contributed by atoms with van der Waals surface area (Å²) in [5, 5.41) is 4.25. The van der Waals surface area contributed by atoms with Gasteiger partial charge < -0.3 is 4.74 Å². The van der Waals surface area contributed by atoms with Crippen LogP contribution in [0.25, 0.3) is 0 Å². The Morgan fingerprint density at radius 3 is 2.41 bits per heavy atom. The van der Waals surface area contributed by atoms with E-state index in [9.17, 15) is 13.2 Å². The Hall–Kier alpha value is -2.09. The molecule has 1 N–H and O–H groups in total. The zero-order valence-electron chi connectivity index (χ0n) is 18.3. The SMILES string of the molecule is COc1ccc(C)cc1N(CC(=O)NN=C1CCC(C(C)(C)C)CC1)S(C)(=O)=O. The van der Waals surface area contributed by atoms with Gasteiger partial charge in [0.1, 0.15) is 12.3 Å². The summed E-state index contributed by atoms with van der Waals surface area (Å²) in [6, 6.07) is 5.20. The van der Waals surface area contributed by atoms with Crippen LogP contribution in [-0.4, -0.2) is 39.9 Å². The van der Waals surface area contributed by atoms with Gasteiger partial charge in [-0.1, -0.05) is 26.8 Å². The van der Waals surface area contributed by atoms with Crippen molar-refractivity contribution in [2.24, 2.45) is 16.4 Å². The van der Waals surface area contributed by atoms with Crippen LogP contribution in [0, 0.1) is 18.3 Å². The van der Waals surface area contributed by atoms with Gasteiger partial charge in [0.15, 0.2) is 0 Å². The van der Waals surface area contributed by atoms with Gasteiger partial charge in [-0.05, 0) is 61.6 Å². The van der Waals surface area contributed by atoms with Gasteiger partial charge in [-0.15, -0.1) is 0 Å². The van der Waals surface area contributed by atoms with E-state index in [1.807, 2.05) is 13.0 Å². The van der Waals surface area contributed by atoms with E-state index >= 15 is 0 Å². The average molecular weight is 424 g/mol. The fourth-order valence-corrected chi connectivity index (χ4v) is 4.46. The minimum absolute atomic E-state index is 0.275. The highest BCUT2D eigenvalue weighted by Crippen LogP contribution is 2.36. The molecule has 7 nitrogen and oxygen atoms in total. The third kappa shape index (κ3) is 6.45. The van der Waals surface area contributed by atoms with Gasteiger partial charge in [-0.25, -0.2) is 13.8 Å². The predicted octanol–water partition coefficient (Wildman–Crippen LogP) is 3.48. The van der Waals surface area contributed by atoms with E-state index in [1.165, 1.54) is 7.11 Å². The van der Waals surface area contributed by atoms with Crippen molar-refractivity contribution in [1.82, 2.24) is 5.43 Å². The van der Waals surface area contributed by atoms with Crippen LogP contribution in [0.5, 0.6) is 5.75 Å². The van der Waals surface area contributed by atoms with E-state index in [4.69, 9.17) is 4.74 Å². The number of benzene rings is 1. The van der Waals surface area contributed by atoms with Crippen LogP contribution in [-0.2, 0) is 14.8 Å². The summed E-state index contributed by atoms with van der Waals surface area (Å²) in [6.07, 6.45) is 4.87. The highest BCUT2D eigenvalue weighted by molar-refractivity contribution is 7.92. The van der Waals surface area contributed by atoms with Crippen molar-refractivity contribution in [3.63, 3.8) is 0 Å². The molecule has 2 rings (SSSR count). The number of carbonyl (C=O) groups is 1. The summed E-state index contributed by atoms with van der Waals surface area (Å²) >= 11 is 0. The molecule has 1 aliphatic rings. The van der Waals surface area contributed by atoms with E-state index in [2.05, 4.69) is 31.3 Å². The maximum Gasteiger partial charge on any atom is 0.260 e. The Labute approximate surface area is 174 Å². The first-order valence-electron chi connectivity index (χ1n) is 9.88. The lowest BCUT2D eigenvalue weighted by atomic mass is 9.72. The van der Waals surface area contributed by atoms with Crippen LogP contribution in [0.15, 0.2) is 23.3 Å². The lowest BCUT2D eigenvalue weighted by Crippen LogP contribution is -2.39. The smallest absolute Gasteiger partial charge is 0.260 e. The van der Waals surface area contributed by atoms with Crippen molar-refractivity contribution in [3.8, 4) is 5.75 Å². The molecule has 0 unspecified atom stereocenters. The van der Waals surface area contributed by atoms with Crippen LogP contribution < -0.4 is 14.5 Å². The number of anilines is 1. The molecule has 0 bridgehead atoms. The molecule has 8 heteroatoms. The summed E-state index contributed by atoms with van der Waals surface area (Å²) in [5.41, 5.74) is 4.97. The maximum atomic E-state index is 12.5. The molecular formula is C21H33N3O4S. The maximum absolute atomic E-state index is 12.5. The molecule has 0 saturated heterocycles. The largest absolute Gasteiger partial charge is 0.495 e. The molecule has 1 aromatic rings. The lowest BCUT2D eigenvalue weighted by Gasteiger charge is -2.34. The number of hydrazone groups is 1. The first-order chi connectivity index (χ1) is 13.4. The summed E-state index contributed by atoms with van der Waals surface area (Å²) < 4.78 is 31.0. The number of methoxy groups -OCH3 is 1. The fourth-order valence-electron chi connectivity index (χ4n) is 3.61. The van der Waals surface area contributed by atoms with Gasteiger partial charge >= 0.3 is 0 Å². The van der Waals surface area contributed by atoms with E-state index < -0.39 is 15.9 Å². The summed E-state index contributed by atoms with van der Waals surface area (Å²) in [4.78, 5) is 12.5. The Balaban J connectivity index is 2.08. The zero-order chi connectivity index (χ0) is 21.8. The summed E-state index contributed by atoms with van der Waals surface area (Å²) in [7, 11) is -2.22. The monoisotopic (exact) mass is 423 g/mol. The van der Waals surface area contributed by atoms with Gasteiger partial charge in [0.05, 0.1) is 19.1 Å². The second-order valence-corrected chi connectivity index (χ2v) is 10.7. The van der Waals surface area contributed by atoms with Crippen LogP contribution in [0.4, 0.5) is 5.69 Å². The van der Waals surface area contributed by atoms with Crippen LogP contribution in [0.3, 0.4) is 0 Å². The Bertz CT molecular complexity index is 862. The molecule has 0 radical (unpaired) electrons. The standard InChI is InChI=1S/C21H33N3O4S/c1-15-7-12-19(28-5)18(13-15)24(29(6,26)27)14-20(25)23-22-17-10-8-16(9-11-17)21(2,3)4/h7,12-13,16H,8-11,14H2,1-6H3,(H,23,25). The van der Waals surface area contributed by atoms with Crippen molar-refractivity contribution >= 4 is 27.3 Å². The molecule has 1 fully saturated rings. The molecule has 162 valence electrons. The highest BCUT2D eigenvalue weighted by Gasteiger charge is 2.28. The summed E-state index contributed by atoms with van der Waals surface area (Å²) in [5.74, 6) is 0.553. The zero-order valence-corrected chi connectivity index (χ0v) is 19.1. The van der Waals surface area contributed by atoms with Crippen LogP contribution in [0.2, 0.25) is 0 Å². The molecule has 0 atom stereocenters. The summed E-state index contributed by atoms with van der Waals surface area (Å²) in [6.45, 7) is 8.24. The first kappa shape index (κ1) is 23.2. The molecule has 29 heavy (non-hydrogen) atoms. The minimum Gasteiger partial charge on any atom is -0.495 e. The molecule has 0 spiro atoms. The number of sulfonamides is 1. The van der Waals surface area contributed by atoms with Crippen molar-refractivity contribution in [1.29, 1.82) is 0 Å². The van der Waals surface area contributed by atoms with E-state index in [-0.39, 0.29) is 12.0 Å². The van der Waals surface area contributed by atoms with Gasteiger partial charge in [-0.3, -0.25) is 9.10 Å².